The molecule has 4 heteroatoms. The highest BCUT2D eigenvalue weighted by Crippen LogP contribution is 2.10. The van der Waals surface area contributed by atoms with Gasteiger partial charge in [-0.2, -0.15) is 0 Å². The van der Waals surface area contributed by atoms with Gasteiger partial charge in [0.1, 0.15) is 0 Å². The Morgan fingerprint density at radius 1 is 0.875 bits per heavy atom. The highest BCUT2D eigenvalue weighted by Gasteiger charge is 2.33. The first-order valence-electron chi connectivity index (χ1n) is 6.07. The maximum atomic E-state index is 5.29. The van der Waals surface area contributed by atoms with Gasteiger partial charge in [0.2, 0.25) is 0 Å². The smallest absolute Gasteiger partial charge is 0.374 e. The standard InChI is InChI=1S/C12H26O3Si/c1-5-6-7-8-9-10-11-12-16(13-2,14-3)15-4/h11-12H,5-10H2,1-4H3. The van der Waals surface area contributed by atoms with Crippen molar-refractivity contribution in [3.63, 3.8) is 0 Å². The monoisotopic (exact) mass is 246 g/mol. The van der Waals surface area contributed by atoms with E-state index in [2.05, 4.69) is 13.0 Å². The zero-order chi connectivity index (χ0) is 12.3. The molecule has 0 saturated carbocycles. The summed E-state index contributed by atoms with van der Waals surface area (Å²) in [6.07, 6.45) is 9.71. The van der Waals surface area contributed by atoms with E-state index in [1.807, 2.05) is 5.70 Å². The molecule has 0 aliphatic carbocycles. The van der Waals surface area contributed by atoms with Crippen LogP contribution >= 0.6 is 0 Å². The Kier molecular flexibility index (Phi) is 9.92. The lowest BCUT2D eigenvalue weighted by atomic mass is 10.1. The highest BCUT2D eigenvalue weighted by molar-refractivity contribution is 6.66. The molecule has 0 N–H and O–H groups in total. The lowest BCUT2D eigenvalue weighted by Gasteiger charge is -2.20. The van der Waals surface area contributed by atoms with Gasteiger partial charge in [-0.25, -0.2) is 0 Å². The van der Waals surface area contributed by atoms with Crippen molar-refractivity contribution in [3.05, 3.63) is 11.8 Å². The molecule has 0 aliphatic heterocycles. The van der Waals surface area contributed by atoms with Gasteiger partial charge in [0.25, 0.3) is 0 Å². The number of hydrogen-bond acceptors (Lipinski definition) is 3. The minimum atomic E-state index is -2.47. The second-order valence-corrected chi connectivity index (χ2v) is 6.59. The predicted molar refractivity (Wildman–Crippen MR) is 69.3 cm³/mol. The van der Waals surface area contributed by atoms with Crippen LogP contribution in [0.1, 0.15) is 45.4 Å². The average Bonchev–Trinajstić information content (AvgIpc) is 2.34. The highest BCUT2D eigenvalue weighted by atomic mass is 28.4. The average molecular weight is 246 g/mol. The van der Waals surface area contributed by atoms with Crippen LogP contribution in [0.2, 0.25) is 0 Å². The first-order chi connectivity index (χ1) is 7.74. The Morgan fingerprint density at radius 3 is 1.94 bits per heavy atom. The van der Waals surface area contributed by atoms with Crippen LogP contribution in [-0.4, -0.2) is 30.1 Å². The summed E-state index contributed by atoms with van der Waals surface area (Å²) >= 11 is 0. The Morgan fingerprint density at radius 2 is 1.44 bits per heavy atom. The molecule has 96 valence electrons. The zero-order valence-electron chi connectivity index (χ0n) is 11.1. The SMILES string of the molecule is CCCCCCCC=C[Si](OC)(OC)OC. The molecule has 0 radical (unpaired) electrons. The largest absolute Gasteiger partial charge is 0.528 e. The molecule has 0 atom stereocenters. The number of allylic oxidation sites excluding steroid dienone is 1. The molecule has 3 nitrogen and oxygen atoms in total. The molecule has 0 aromatic rings. The third-order valence-corrected chi connectivity index (χ3v) is 5.00. The van der Waals surface area contributed by atoms with Crippen LogP contribution < -0.4 is 0 Å². The van der Waals surface area contributed by atoms with E-state index in [9.17, 15) is 0 Å². The van der Waals surface area contributed by atoms with Gasteiger partial charge in [-0.05, 0) is 18.5 Å². The number of hydrogen-bond donors (Lipinski definition) is 0. The van der Waals surface area contributed by atoms with E-state index >= 15 is 0 Å². The molecule has 0 aliphatic rings. The van der Waals surface area contributed by atoms with Crippen LogP contribution in [0.5, 0.6) is 0 Å². The van der Waals surface area contributed by atoms with Gasteiger partial charge in [-0.3, -0.25) is 0 Å². The van der Waals surface area contributed by atoms with Crippen molar-refractivity contribution >= 4 is 8.80 Å². The second kappa shape index (κ2) is 10.0. The van der Waals surface area contributed by atoms with Crippen LogP contribution in [0.15, 0.2) is 11.8 Å². The lowest BCUT2D eigenvalue weighted by Crippen LogP contribution is -2.40. The molecule has 0 aromatic carbocycles. The molecule has 16 heavy (non-hydrogen) atoms. The van der Waals surface area contributed by atoms with E-state index in [1.165, 1.54) is 32.1 Å². The van der Waals surface area contributed by atoms with Crippen molar-refractivity contribution in [2.45, 2.75) is 45.4 Å². The van der Waals surface area contributed by atoms with Gasteiger partial charge in [0, 0.05) is 21.3 Å². The van der Waals surface area contributed by atoms with Crippen LogP contribution in [0.4, 0.5) is 0 Å². The van der Waals surface area contributed by atoms with Crippen LogP contribution in [-0.2, 0) is 13.3 Å². The van der Waals surface area contributed by atoms with Crippen LogP contribution in [0, 0.1) is 0 Å². The van der Waals surface area contributed by atoms with Gasteiger partial charge < -0.3 is 13.3 Å². The molecule has 0 rings (SSSR count). The van der Waals surface area contributed by atoms with Gasteiger partial charge in [-0.1, -0.05) is 38.7 Å². The topological polar surface area (TPSA) is 27.7 Å². The molecular weight excluding hydrogens is 220 g/mol. The number of rotatable bonds is 10. The van der Waals surface area contributed by atoms with Gasteiger partial charge >= 0.3 is 8.80 Å². The predicted octanol–water partition coefficient (Wildman–Crippen LogP) is 3.32. The summed E-state index contributed by atoms with van der Waals surface area (Å²) in [7, 11) is 2.42. The fourth-order valence-electron chi connectivity index (χ4n) is 1.55. The van der Waals surface area contributed by atoms with E-state index in [-0.39, 0.29) is 0 Å². The maximum absolute atomic E-state index is 5.29. The van der Waals surface area contributed by atoms with Crippen molar-refractivity contribution in [1.29, 1.82) is 0 Å². The minimum absolute atomic E-state index is 1.08. The van der Waals surface area contributed by atoms with E-state index in [0.717, 1.165) is 6.42 Å². The molecule has 0 amide bonds. The van der Waals surface area contributed by atoms with E-state index in [4.69, 9.17) is 13.3 Å². The van der Waals surface area contributed by atoms with Crippen molar-refractivity contribution in [3.8, 4) is 0 Å². The molecule has 0 fully saturated rings. The maximum Gasteiger partial charge on any atom is 0.528 e. The molecular formula is C12H26O3Si. The summed E-state index contributed by atoms with van der Waals surface area (Å²) in [6, 6.07) is 0. The Balaban J connectivity index is 3.72. The zero-order valence-corrected chi connectivity index (χ0v) is 12.1. The van der Waals surface area contributed by atoms with Crippen molar-refractivity contribution in [2.24, 2.45) is 0 Å². The van der Waals surface area contributed by atoms with Crippen molar-refractivity contribution in [1.82, 2.24) is 0 Å². The molecule has 0 unspecified atom stereocenters. The normalized spacial score (nSPS) is 12.5. The number of unbranched alkanes of at least 4 members (excludes halogenated alkanes) is 5. The summed E-state index contributed by atoms with van der Waals surface area (Å²) < 4.78 is 15.9. The Labute approximate surface area is 101 Å². The van der Waals surface area contributed by atoms with Gasteiger partial charge in [0.05, 0.1) is 0 Å². The summed E-state index contributed by atoms with van der Waals surface area (Å²) in [6.45, 7) is 2.23. The van der Waals surface area contributed by atoms with E-state index in [0.29, 0.717) is 0 Å². The fourth-order valence-corrected chi connectivity index (χ4v) is 2.91. The third-order valence-electron chi connectivity index (χ3n) is 2.65. The van der Waals surface area contributed by atoms with Gasteiger partial charge in [0.15, 0.2) is 0 Å². The molecule has 0 saturated heterocycles. The van der Waals surface area contributed by atoms with Gasteiger partial charge in [-0.15, -0.1) is 0 Å². The van der Waals surface area contributed by atoms with Crippen molar-refractivity contribution < 1.29 is 13.3 Å². The van der Waals surface area contributed by atoms with Crippen LogP contribution in [0.25, 0.3) is 0 Å². The second-order valence-electron chi connectivity index (χ2n) is 3.82. The summed E-state index contributed by atoms with van der Waals surface area (Å²) in [4.78, 5) is 0. The minimum Gasteiger partial charge on any atom is -0.374 e. The Bertz CT molecular complexity index is 171. The summed E-state index contributed by atoms with van der Waals surface area (Å²) in [5, 5.41) is 0. The van der Waals surface area contributed by atoms with Crippen molar-refractivity contribution in [2.75, 3.05) is 21.3 Å². The third kappa shape index (κ3) is 6.43. The molecule has 0 bridgehead atoms. The quantitative estimate of drug-likeness (QED) is 0.437. The first kappa shape index (κ1) is 15.8. The first-order valence-corrected chi connectivity index (χ1v) is 7.88. The molecule has 0 aromatic heterocycles. The van der Waals surface area contributed by atoms with Crippen LogP contribution in [0.3, 0.4) is 0 Å². The lowest BCUT2D eigenvalue weighted by molar-refractivity contribution is 0.138. The summed E-state index contributed by atoms with van der Waals surface area (Å²) in [5.74, 6) is 0. The fraction of sp³-hybridized carbons (Fsp3) is 0.833. The Hall–Kier alpha value is -0.163. The van der Waals surface area contributed by atoms with E-state index in [1.54, 1.807) is 21.3 Å². The molecule has 0 spiro atoms. The van der Waals surface area contributed by atoms with E-state index < -0.39 is 8.80 Å². The molecule has 0 heterocycles. The summed E-state index contributed by atoms with van der Waals surface area (Å²) in [5.41, 5.74) is 1.97.